The molecule has 0 spiro atoms. The van der Waals surface area contributed by atoms with Gasteiger partial charge in [0, 0.05) is 23.5 Å². The highest BCUT2D eigenvalue weighted by Crippen LogP contribution is 2.41. The number of carbonyl (C=O) groups is 3. The molecule has 246 valence electrons. The molecule has 1 heterocycles. The number of aryl methyl sites for hydroxylation is 1. The number of benzene rings is 3. The quantitative estimate of drug-likeness (QED) is 0.259. The average Bonchev–Trinajstić information content (AvgIpc) is 3.53. The molecule has 0 bridgehead atoms. The van der Waals surface area contributed by atoms with Crippen LogP contribution in [0.4, 0.5) is 16.2 Å². The molecule has 1 fully saturated rings. The maximum absolute atomic E-state index is 14.7. The van der Waals surface area contributed by atoms with Gasteiger partial charge in [-0.3, -0.25) is 14.9 Å². The molecule has 46 heavy (non-hydrogen) atoms. The van der Waals surface area contributed by atoms with Gasteiger partial charge >= 0.3 is 6.09 Å². The zero-order valence-corrected chi connectivity index (χ0v) is 27.6. The highest BCUT2D eigenvalue weighted by atomic mass is 32.2. The second kappa shape index (κ2) is 14.1. The Bertz CT molecular complexity index is 1740. The number of hydrogen-bond acceptors (Lipinski definition) is 9. The van der Waals surface area contributed by atoms with Crippen molar-refractivity contribution >= 4 is 39.1 Å². The van der Waals surface area contributed by atoms with Crippen molar-refractivity contribution < 1.29 is 37.0 Å². The van der Waals surface area contributed by atoms with E-state index in [1.54, 1.807) is 61.2 Å². The lowest BCUT2D eigenvalue weighted by molar-refractivity contribution is -0.133. The van der Waals surface area contributed by atoms with Gasteiger partial charge in [-0.05, 0) is 92.8 Å². The number of nitrogens with two attached hydrogens (primary N) is 1. The summed E-state index contributed by atoms with van der Waals surface area (Å²) in [6.45, 7) is 5.38. The Labute approximate surface area is 269 Å². The van der Waals surface area contributed by atoms with Crippen LogP contribution in [0.1, 0.15) is 65.8 Å². The third-order valence-electron chi connectivity index (χ3n) is 8.07. The second-order valence-corrected chi connectivity index (χ2v) is 13.7. The van der Waals surface area contributed by atoms with Crippen molar-refractivity contribution in [2.24, 2.45) is 5.73 Å². The topological polar surface area (TPSA) is 166 Å². The molecule has 0 aliphatic carbocycles. The van der Waals surface area contributed by atoms with Crippen molar-refractivity contribution in [3.63, 3.8) is 0 Å². The van der Waals surface area contributed by atoms with Gasteiger partial charge in [0.05, 0.1) is 37.5 Å². The van der Waals surface area contributed by atoms with Gasteiger partial charge in [0.15, 0.2) is 21.3 Å². The highest BCUT2D eigenvalue weighted by Gasteiger charge is 2.38. The maximum Gasteiger partial charge on any atom is 0.411 e. The minimum absolute atomic E-state index is 0.0863. The lowest BCUT2D eigenvalue weighted by atomic mass is 10.00. The zero-order chi connectivity index (χ0) is 33.8. The van der Waals surface area contributed by atoms with Crippen LogP contribution in [-0.4, -0.2) is 64.3 Å². The summed E-state index contributed by atoms with van der Waals surface area (Å²) >= 11 is 0. The number of likely N-dealkylation sites (tertiary alicyclic amines) is 1. The Kier molecular flexibility index (Phi) is 10.5. The van der Waals surface area contributed by atoms with Gasteiger partial charge in [-0.2, -0.15) is 0 Å². The number of carbonyl (C=O) groups excluding carboxylic acids is 3. The van der Waals surface area contributed by atoms with Crippen molar-refractivity contribution in [1.82, 2.24) is 4.90 Å². The Morgan fingerprint density at radius 2 is 1.67 bits per heavy atom. The van der Waals surface area contributed by atoms with Crippen molar-refractivity contribution in [2.45, 2.75) is 55.8 Å². The first-order chi connectivity index (χ1) is 21.8. The van der Waals surface area contributed by atoms with Crippen molar-refractivity contribution in [2.75, 3.05) is 38.5 Å². The third kappa shape index (κ3) is 7.04. The molecule has 1 aliphatic heterocycles. The van der Waals surface area contributed by atoms with Crippen LogP contribution in [0.3, 0.4) is 0 Å². The van der Waals surface area contributed by atoms with Gasteiger partial charge in [0.2, 0.25) is 11.8 Å². The Morgan fingerprint density at radius 1 is 0.957 bits per heavy atom. The second-order valence-electron chi connectivity index (χ2n) is 11.2. The van der Waals surface area contributed by atoms with Crippen LogP contribution in [0, 0.1) is 6.92 Å². The van der Waals surface area contributed by atoms with E-state index in [1.807, 2.05) is 6.92 Å². The van der Waals surface area contributed by atoms with Crippen LogP contribution in [-0.2, 0) is 19.4 Å². The molecular formula is C33H40N4O8S. The van der Waals surface area contributed by atoms with E-state index >= 15 is 0 Å². The minimum atomic E-state index is -3.77. The van der Waals surface area contributed by atoms with Crippen molar-refractivity contribution in [3.8, 4) is 11.5 Å². The number of hydrogen-bond donors (Lipinski definition) is 3. The van der Waals surface area contributed by atoms with Crippen LogP contribution in [0.5, 0.6) is 11.5 Å². The van der Waals surface area contributed by atoms with Gasteiger partial charge in [-0.25, -0.2) is 13.2 Å². The van der Waals surface area contributed by atoms with Gasteiger partial charge < -0.3 is 30.2 Å². The van der Waals surface area contributed by atoms with Crippen LogP contribution in [0.2, 0.25) is 0 Å². The molecule has 2 atom stereocenters. The summed E-state index contributed by atoms with van der Waals surface area (Å²) < 4.78 is 42.7. The summed E-state index contributed by atoms with van der Waals surface area (Å²) in [5.74, 6) is -0.0669. The normalized spacial score (nSPS) is 15.3. The first kappa shape index (κ1) is 34.1. The molecule has 12 nitrogen and oxygen atoms in total. The fourth-order valence-corrected chi connectivity index (χ4v) is 6.78. The number of rotatable bonds is 11. The molecule has 13 heteroatoms. The summed E-state index contributed by atoms with van der Waals surface area (Å²) in [4.78, 5) is 40.4. The molecule has 0 saturated carbocycles. The molecular weight excluding hydrogens is 612 g/mol. The standard InChI is InChI=1S/C33H40N4O8S/c1-19(2)46(41,42)29-14-12-23(35-33(40)45-6)18-24(29)26-8-7-15-37(26)32(39)30(21-11-13-27(43-4)28(17-21)44-5)36-25-16-22(31(34)38)10-9-20(25)3/h9-14,16-19,26,30,36H,7-8,15H2,1-6H3,(H2,34,38)(H,35,40). The summed E-state index contributed by atoms with van der Waals surface area (Å²) in [6, 6.07) is 13.0. The molecule has 4 N–H and O–H groups in total. The van der Waals surface area contributed by atoms with E-state index < -0.39 is 39.2 Å². The fourth-order valence-electron chi connectivity index (χ4n) is 5.49. The van der Waals surface area contributed by atoms with Gasteiger partial charge in [0.1, 0.15) is 6.04 Å². The van der Waals surface area contributed by atoms with Gasteiger partial charge in [-0.15, -0.1) is 0 Å². The van der Waals surface area contributed by atoms with Gasteiger partial charge in [-0.1, -0.05) is 12.1 Å². The number of anilines is 2. The van der Waals surface area contributed by atoms with Crippen LogP contribution in [0.25, 0.3) is 0 Å². The van der Waals surface area contributed by atoms with E-state index in [2.05, 4.69) is 10.6 Å². The molecule has 3 aromatic rings. The predicted molar refractivity (Wildman–Crippen MR) is 174 cm³/mol. The molecule has 0 aromatic heterocycles. The summed E-state index contributed by atoms with van der Waals surface area (Å²) in [7, 11) is 0.463. The number of methoxy groups -OCH3 is 3. The van der Waals surface area contributed by atoms with Crippen molar-refractivity contribution in [1.29, 1.82) is 0 Å². The van der Waals surface area contributed by atoms with E-state index in [9.17, 15) is 22.8 Å². The van der Waals surface area contributed by atoms with E-state index in [0.29, 0.717) is 53.4 Å². The number of nitrogens with zero attached hydrogens (tertiary/aromatic N) is 1. The fraction of sp³-hybridized carbons (Fsp3) is 0.364. The molecule has 1 saturated heterocycles. The first-order valence-corrected chi connectivity index (χ1v) is 16.3. The Morgan fingerprint density at radius 3 is 2.30 bits per heavy atom. The van der Waals surface area contributed by atoms with E-state index in [-0.39, 0.29) is 16.4 Å². The largest absolute Gasteiger partial charge is 0.493 e. The van der Waals surface area contributed by atoms with Gasteiger partial charge in [0.25, 0.3) is 0 Å². The lowest BCUT2D eigenvalue weighted by Gasteiger charge is -2.32. The average molecular weight is 653 g/mol. The molecule has 3 amide bonds. The summed E-state index contributed by atoms with van der Waals surface area (Å²) in [5.41, 5.74) is 8.39. The number of primary amides is 1. The van der Waals surface area contributed by atoms with E-state index in [0.717, 1.165) is 5.56 Å². The van der Waals surface area contributed by atoms with Crippen LogP contribution in [0.15, 0.2) is 59.5 Å². The van der Waals surface area contributed by atoms with Crippen LogP contribution < -0.4 is 25.8 Å². The number of amides is 3. The summed E-state index contributed by atoms with van der Waals surface area (Å²) in [5, 5.41) is 5.19. The Hall–Kier alpha value is -4.78. The number of nitrogens with one attached hydrogen (secondary N) is 2. The lowest BCUT2D eigenvalue weighted by Crippen LogP contribution is -2.38. The molecule has 2 unspecified atom stereocenters. The molecule has 4 rings (SSSR count). The molecule has 1 aliphatic rings. The van der Waals surface area contributed by atoms with E-state index in [4.69, 9.17) is 19.9 Å². The maximum atomic E-state index is 14.7. The Balaban J connectivity index is 1.85. The SMILES string of the molecule is COC(=O)Nc1ccc(S(=O)(=O)C(C)C)c(C2CCCN2C(=O)C(Nc2cc(C(N)=O)ccc2C)c2ccc(OC)c(OC)c2)c1. The molecule has 3 aromatic carbocycles. The third-order valence-corrected chi connectivity index (χ3v) is 10.3. The van der Waals surface area contributed by atoms with E-state index in [1.165, 1.54) is 33.5 Å². The number of sulfone groups is 1. The molecule has 0 radical (unpaired) electrons. The minimum Gasteiger partial charge on any atom is -0.493 e. The monoisotopic (exact) mass is 652 g/mol. The van der Waals surface area contributed by atoms with Crippen LogP contribution >= 0.6 is 0 Å². The zero-order valence-electron chi connectivity index (χ0n) is 26.7. The predicted octanol–water partition coefficient (Wildman–Crippen LogP) is 4.99. The summed E-state index contributed by atoms with van der Waals surface area (Å²) in [6.07, 6.45) is 0.389. The number of ether oxygens (including phenoxy) is 3. The highest BCUT2D eigenvalue weighted by molar-refractivity contribution is 7.92. The van der Waals surface area contributed by atoms with Crippen molar-refractivity contribution in [3.05, 3.63) is 76.9 Å². The smallest absolute Gasteiger partial charge is 0.411 e. The first-order valence-electron chi connectivity index (χ1n) is 14.7.